The number of nitrogens with one attached hydrogen (secondary N) is 1. The standard InChI is InChI=1S/C22H16Cl2FN3O3/c23-15-2-5-18(6-3-15)30-13-19-7-8-21(31-19)22(29)27-17-10-26-28(12-17)11-14-1-4-16(25)9-20(14)24/h1-10,12H,11,13H2,(H,27,29). The maximum Gasteiger partial charge on any atom is 0.291 e. The van der Waals surface area contributed by atoms with Gasteiger partial charge in [-0.05, 0) is 54.1 Å². The van der Waals surface area contributed by atoms with E-state index in [0.717, 1.165) is 0 Å². The lowest BCUT2D eigenvalue weighted by molar-refractivity contribution is 0.0992. The van der Waals surface area contributed by atoms with Gasteiger partial charge in [0, 0.05) is 16.2 Å². The van der Waals surface area contributed by atoms with Gasteiger partial charge < -0.3 is 14.5 Å². The smallest absolute Gasteiger partial charge is 0.291 e. The Kier molecular flexibility index (Phi) is 6.25. The Balaban J connectivity index is 1.34. The highest BCUT2D eigenvalue weighted by atomic mass is 35.5. The second-order valence-corrected chi connectivity index (χ2v) is 7.47. The number of hydrogen-bond donors (Lipinski definition) is 1. The molecule has 158 valence electrons. The van der Waals surface area contributed by atoms with Gasteiger partial charge in [-0.25, -0.2) is 4.39 Å². The van der Waals surface area contributed by atoms with Crippen LogP contribution in [0.15, 0.2) is 71.4 Å². The van der Waals surface area contributed by atoms with Crippen LogP contribution in [0.4, 0.5) is 10.1 Å². The summed E-state index contributed by atoms with van der Waals surface area (Å²) in [5, 5.41) is 7.83. The minimum atomic E-state index is -0.419. The molecule has 0 atom stereocenters. The molecule has 0 aliphatic heterocycles. The zero-order valence-electron chi connectivity index (χ0n) is 16.0. The van der Waals surface area contributed by atoms with Gasteiger partial charge in [0.05, 0.1) is 18.4 Å². The van der Waals surface area contributed by atoms with Gasteiger partial charge in [-0.2, -0.15) is 5.10 Å². The van der Waals surface area contributed by atoms with Crippen LogP contribution in [-0.2, 0) is 13.2 Å². The SMILES string of the molecule is O=C(Nc1cnn(Cc2ccc(F)cc2Cl)c1)c1ccc(COc2ccc(Cl)cc2)o1. The fourth-order valence-corrected chi connectivity index (χ4v) is 3.15. The maximum atomic E-state index is 13.2. The predicted molar refractivity (Wildman–Crippen MR) is 115 cm³/mol. The monoisotopic (exact) mass is 459 g/mol. The minimum absolute atomic E-state index is 0.143. The number of nitrogens with zero attached hydrogens (tertiary/aromatic N) is 2. The lowest BCUT2D eigenvalue weighted by atomic mass is 10.2. The topological polar surface area (TPSA) is 69.3 Å². The molecule has 0 spiro atoms. The third kappa shape index (κ3) is 5.45. The largest absolute Gasteiger partial charge is 0.486 e. The van der Waals surface area contributed by atoms with E-state index in [-0.39, 0.29) is 12.4 Å². The molecule has 6 nitrogen and oxygen atoms in total. The number of halogens is 3. The van der Waals surface area contributed by atoms with Gasteiger partial charge in [0.15, 0.2) is 5.76 Å². The fourth-order valence-electron chi connectivity index (χ4n) is 2.79. The van der Waals surface area contributed by atoms with Crippen LogP contribution in [-0.4, -0.2) is 15.7 Å². The number of benzene rings is 2. The van der Waals surface area contributed by atoms with Crippen molar-refractivity contribution in [2.45, 2.75) is 13.2 Å². The molecule has 0 bridgehead atoms. The van der Waals surface area contributed by atoms with Gasteiger partial charge in [0.2, 0.25) is 0 Å². The summed E-state index contributed by atoms with van der Waals surface area (Å²) in [4.78, 5) is 12.4. The third-order valence-electron chi connectivity index (χ3n) is 4.32. The molecule has 2 heterocycles. The first kappa shape index (κ1) is 21.0. The predicted octanol–water partition coefficient (Wildman–Crippen LogP) is 5.80. The van der Waals surface area contributed by atoms with Crippen LogP contribution < -0.4 is 10.1 Å². The highest BCUT2D eigenvalue weighted by molar-refractivity contribution is 6.31. The molecule has 4 rings (SSSR count). The Labute approximate surface area is 187 Å². The Morgan fingerprint density at radius 3 is 2.71 bits per heavy atom. The van der Waals surface area contributed by atoms with Crippen LogP contribution in [0.1, 0.15) is 21.9 Å². The van der Waals surface area contributed by atoms with Crippen molar-refractivity contribution in [1.82, 2.24) is 9.78 Å². The molecule has 0 radical (unpaired) electrons. The number of hydrogen-bond acceptors (Lipinski definition) is 4. The van der Waals surface area contributed by atoms with Crippen molar-refractivity contribution in [3.8, 4) is 5.75 Å². The van der Waals surface area contributed by atoms with Crippen molar-refractivity contribution in [3.05, 3.63) is 99.9 Å². The summed E-state index contributed by atoms with van der Waals surface area (Å²) in [6.07, 6.45) is 3.15. The molecule has 1 N–H and O–H groups in total. The minimum Gasteiger partial charge on any atom is -0.486 e. The van der Waals surface area contributed by atoms with Crippen LogP contribution in [0.25, 0.3) is 0 Å². The molecule has 0 saturated heterocycles. The van der Waals surface area contributed by atoms with Gasteiger partial charge in [-0.15, -0.1) is 0 Å². The Bertz CT molecular complexity index is 1200. The van der Waals surface area contributed by atoms with Crippen LogP contribution in [0.2, 0.25) is 10.0 Å². The van der Waals surface area contributed by atoms with E-state index in [9.17, 15) is 9.18 Å². The van der Waals surface area contributed by atoms with E-state index in [1.807, 2.05) is 0 Å². The molecular weight excluding hydrogens is 444 g/mol. The average molecular weight is 460 g/mol. The number of carbonyl (C=O) groups excluding carboxylic acids is 1. The van der Waals surface area contributed by atoms with Crippen molar-refractivity contribution in [2.75, 3.05) is 5.32 Å². The highest BCUT2D eigenvalue weighted by Gasteiger charge is 2.13. The van der Waals surface area contributed by atoms with E-state index in [1.54, 1.807) is 53.3 Å². The van der Waals surface area contributed by atoms with Crippen molar-refractivity contribution in [1.29, 1.82) is 0 Å². The van der Waals surface area contributed by atoms with Crippen molar-refractivity contribution >= 4 is 34.8 Å². The maximum absolute atomic E-state index is 13.2. The Hall–Kier alpha value is -3.29. The number of ether oxygens (including phenoxy) is 1. The van der Waals surface area contributed by atoms with Gasteiger partial charge in [-0.3, -0.25) is 9.48 Å². The molecule has 31 heavy (non-hydrogen) atoms. The van der Waals surface area contributed by atoms with Crippen molar-refractivity contribution < 1.29 is 18.3 Å². The molecule has 0 aliphatic carbocycles. The second-order valence-electron chi connectivity index (χ2n) is 6.63. The summed E-state index contributed by atoms with van der Waals surface area (Å²) in [5.74, 6) is 0.460. The first-order valence-electron chi connectivity index (χ1n) is 9.21. The number of rotatable bonds is 7. The number of aromatic nitrogens is 2. The van der Waals surface area contributed by atoms with Crippen LogP contribution in [0, 0.1) is 5.82 Å². The molecule has 0 unspecified atom stereocenters. The van der Waals surface area contributed by atoms with Gasteiger partial charge >= 0.3 is 0 Å². The van der Waals surface area contributed by atoms with E-state index in [0.29, 0.717) is 39.4 Å². The molecule has 9 heteroatoms. The summed E-state index contributed by atoms with van der Waals surface area (Å²) in [5.41, 5.74) is 1.19. The summed E-state index contributed by atoms with van der Waals surface area (Å²) in [6, 6.07) is 14.3. The summed E-state index contributed by atoms with van der Waals surface area (Å²) in [7, 11) is 0. The highest BCUT2D eigenvalue weighted by Crippen LogP contribution is 2.20. The van der Waals surface area contributed by atoms with E-state index in [2.05, 4.69) is 10.4 Å². The number of furan rings is 1. The van der Waals surface area contributed by atoms with Crippen molar-refractivity contribution in [3.63, 3.8) is 0 Å². The third-order valence-corrected chi connectivity index (χ3v) is 4.92. The first-order valence-corrected chi connectivity index (χ1v) is 9.97. The molecule has 1 amide bonds. The second kappa shape index (κ2) is 9.24. The molecular formula is C22H16Cl2FN3O3. The molecule has 2 aromatic heterocycles. The molecule has 4 aromatic rings. The molecule has 0 fully saturated rings. The van der Waals surface area contributed by atoms with E-state index >= 15 is 0 Å². The Morgan fingerprint density at radius 2 is 1.94 bits per heavy atom. The number of amides is 1. The average Bonchev–Trinajstić information content (AvgIpc) is 3.39. The lowest BCUT2D eigenvalue weighted by Gasteiger charge is -2.05. The van der Waals surface area contributed by atoms with Gasteiger partial charge in [-0.1, -0.05) is 29.3 Å². The van der Waals surface area contributed by atoms with Crippen LogP contribution in [0.3, 0.4) is 0 Å². The molecule has 2 aromatic carbocycles. The summed E-state index contributed by atoms with van der Waals surface area (Å²) < 4.78 is 25.9. The zero-order chi connectivity index (χ0) is 21.8. The molecule has 0 aliphatic rings. The van der Waals surface area contributed by atoms with Crippen LogP contribution >= 0.6 is 23.2 Å². The van der Waals surface area contributed by atoms with Crippen LogP contribution in [0.5, 0.6) is 5.75 Å². The summed E-state index contributed by atoms with van der Waals surface area (Å²) >= 11 is 11.9. The number of carbonyl (C=O) groups is 1. The number of anilines is 1. The first-order chi connectivity index (χ1) is 15.0. The van der Waals surface area contributed by atoms with E-state index in [4.69, 9.17) is 32.4 Å². The fraction of sp³-hybridized carbons (Fsp3) is 0.0909. The van der Waals surface area contributed by atoms with Gasteiger partial charge in [0.25, 0.3) is 5.91 Å². The molecule has 0 saturated carbocycles. The lowest BCUT2D eigenvalue weighted by Crippen LogP contribution is -2.10. The quantitative estimate of drug-likeness (QED) is 0.379. The normalized spacial score (nSPS) is 10.8. The van der Waals surface area contributed by atoms with E-state index < -0.39 is 11.7 Å². The zero-order valence-corrected chi connectivity index (χ0v) is 17.5. The summed E-state index contributed by atoms with van der Waals surface area (Å²) in [6.45, 7) is 0.507. The van der Waals surface area contributed by atoms with Crippen molar-refractivity contribution in [2.24, 2.45) is 0 Å². The Morgan fingerprint density at radius 1 is 1.13 bits per heavy atom. The van der Waals surface area contributed by atoms with Gasteiger partial charge in [0.1, 0.15) is 23.9 Å². The van der Waals surface area contributed by atoms with E-state index in [1.165, 1.54) is 18.3 Å².